The normalized spacial score (nSPS) is 15.3. The molecule has 25 heavy (non-hydrogen) atoms. The predicted octanol–water partition coefficient (Wildman–Crippen LogP) is 3.77. The van der Waals surface area contributed by atoms with Gasteiger partial charge in [-0.05, 0) is 0 Å². The van der Waals surface area contributed by atoms with E-state index in [4.69, 9.17) is 0 Å². The maximum absolute atomic E-state index is 13.1. The average Bonchev–Trinajstić information content (AvgIpc) is 2.42. The van der Waals surface area contributed by atoms with Crippen molar-refractivity contribution in [1.29, 1.82) is 0 Å². The first-order chi connectivity index (χ1) is 10.7. The summed E-state index contributed by atoms with van der Waals surface area (Å²) in [6.07, 6.45) is -7.49. The van der Waals surface area contributed by atoms with E-state index in [0.717, 1.165) is 5.32 Å². The second-order valence-electron chi connectivity index (χ2n) is 4.35. The molecule has 0 unspecified atom stereocenters. The second-order valence-corrected chi connectivity index (χ2v) is 4.80. The zero-order valence-electron chi connectivity index (χ0n) is 11.2. The number of halogens is 13. The van der Waals surface area contributed by atoms with Gasteiger partial charge in [0, 0.05) is 12.3 Å². The van der Waals surface area contributed by atoms with E-state index in [-0.39, 0.29) is 0 Å². The van der Waals surface area contributed by atoms with Gasteiger partial charge in [0.1, 0.15) is 0 Å². The summed E-state index contributed by atoms with van der Waals surface area (Å²) in [7, 11) is 0. The number of rotatable bonds is 7. The van der Waals surface area contributed by atoms with E-state index in [2.05, 4.69) is 12.6 Å². The van der Waals surface area contributed by atoms with E-state index in [1.807, 2.05) is 0 Å². The molecule has 0 bridgehead atoms. The van der Waals surface area contributed by atoms with Crippen LogP contribution in [0.4, 0.5) is 57.1 Å². The zero-order valence-corrected chi connectivity index (χ0v) is 12.1. The number of nitrogens with one attached hydrogen (secondary N) is 1. The lowest BCUT2D eigenvalue weighted by Crippen LogP contribution is -2.72. The molecule has 2 nitrogen and oxygen atoms in total. The van der Waals surface area contributed by atoms with Crippen molar-refractivity contribution in [2.45, 2.75) is 35.8 Å². The number of carbonyl (C=O) groups is 1. The lowest BCUT2D eigenvalue weighted by atomic mass is 9.93. The third kappa shape index (κ3) is 3.45. The molecule has 0 fully saturated rings. The molecule has 1 N–H and O–H groups in total. The largest absolute Gasteiger partial charge is 0.460 e. The van der Waals surface area contributed by atoms with E-state index in [9.17, 15) is 61.9 Å². The van der Waals surface area contributed by atoms with E-state index in [1.54, 1.807) is 0 Å². The van der Waals surface area contributed by atoms with E-state index < -0.39 is 54.0 Å². The Bertz CT molecular complexity index is 500. The summed E-state index contributed by atoms with van der Waals surface area (Å²) < 4.78 is 164. The lowest BCUT2D eigenvalue weighted by Gasteiger charge is -2.39. The summed E-state index contributed by atoms with van der Waals surface area (Å²) in [5, 5.41) is 0.838. The molecule has 0 saturated heterocycles. The van der Waals surface area contributed by atoms with Crippen LogP contribution < -0.4 is 5.32 Å². The molecule has 0 heterocycles. The van der Waals surface area contributed by atoms with Crippen LogP contribution >= 0.6 is 12.6 Å². The summed E-state index contributed by atoms with van der Waals surface area (Å²) in [6.45, 7) is -0.964. The van der Waals surface area contributed by atoms with Gasteiger partial charge >= 0.3 is 35.8 Å². The number of alkyl halides is 13. The summed E-state index contributed by atoms with van der Waals surface area (Å²) >= 11 is 3.30. The number of carbonyl (C=O) groups excluding carboxylic acids is 1. The first-order valence-electron chi connectivity index (χ1n) is 5.58. The number of thiol groups is 1. The van der Waals surface area contributed by atoms with Gasteiger partial charge in [-0.15, -0.1) is 0 Å². The fourth-order valence-corrected chi connectivity index (χ4v) is 1.30. The minimum Gasteiger partial charge on any atom is -0.350 e. The highest BCUT2D eigenvalue weighted by Gasteiger charge is 2.91. The Balaban J connectivity index is 6.16. The number of hydrogen-bond donors (Lipinski definition) is 2. The van der Waals surface area contributed by atoms with Crippen LogP contribution in [0.15, 0.2) is 0 Å². The summed E-state index contributed by atoms with van der Waals surface area (Å²) in [5.41, 5.74) is 0. The van der Waals surface area contributed by atoms with E-state index in [0.29, 0.717) is 0 Å². The van der Waals surface area contributed by atoms with Gasteiger partial charge in [-0.1, -0.05) is 0 Å². The summed E-state index contributed by atoms with van der Waals surface area (Å²) in [4.78, 5) is 10.7. The SMILES string of the molecule is O=C(NCCS)C(F)(F)C(F)(F)C(F)(F)C(F)(F)C(F)(F)C(F)(F)F. The Kier molecular flexibility index (Phi) is 6.28. The van der Waals surface area contributed by atoms with Gasteiger partial charge < -0.3 is 5.32 Å². The molecule has 0 aliphatic heterocycles. The van der Waals surface area contributed by atoms with Crippen molar-refractivity contribution in [3.63, 3.8) is 0 Å². The van der Waals surface area contributed by atoms with Gasteiger partial charge in [0.05, 0.1) is 0 Å². The molecule has 0 aliphatic carbocycles. The lowest BCUT2D eigenvalue weighted by molar-refractivity contribution is -0.436. The zero-order chi connectivity index (χ0) is 20.7. The first-order valence-corrected chi connectivity index (χ1v) is 6.21. The fraction of sp³-hybridized carbons (Fsp3) is 0.889. The third-order valence-electron chi connectivity index (χ3n) is 2.62. The van der Waals surface area contributed by atoms with Gasteiger partial charge in [0.2, 0.25) is 0 Å². The van der Waals surface area contributed by atoms with Gasteiger partial charge in [-0.2, -0.15) is 69.7 Å². The van der Waals surface area contributed by atoms with Crippen molar-refractivity contribution < 1.29 is 61.9 Å². The maximum Gasteiger partial charge on any atom is 0.460 e. The molecular formula is C9H6F13NOS. The fourth-order valence-electron chi connectivity index (χ4n) is 1.19. The van der Waals surface area contributed by atoms with Crippen molar-refractivity contribution in [1.82, 2.24) is 5.32 Å². The highest BCUT2D eigenvalue weighted by atomic mass is 32.1. The Labute approximate surface area is 135 Å². The summed E-state index contributed by atoms with van der Waals surface area (Å²) in [6, 6.07) is 0. The second kappa shape index (κ2) is 6.57. The monoisotopic (exact) mass is 423 g/mol. The number of amides is 1. The Morgan fingerprint density at radius 1 is 0.680 bits per heavy atom. The molecule has 0 aromatic rings. The smallest absolute Gasteiger partial charge is 0.350 e. The van der Waals surface area contributed by atoms with Crippen molar-refractivity contribution in [2.75, 3.05) is 12.3 Å². The quantitative estimate of drug-likeness (QED) is 0.474. The maximum atomic E-state index is 13.1. The molecule has 0 radical (unpaired) electrons. The van der Waals surface area contributed by atoms with Gasteiger partial charge in [-0.25, -0.2) is 0 Å². The molecule has 150 valence electrons. The molecule has 1 amide bonds. The van der Waals surface area contributed by atoms with Crippen molar-refractivity contribution >= 4 is 18.5 Å². The van der Waals surface area contributed by atoms with Crippen LogP contribution in [0.25, 0.3) is 0 Å². The standard InChI is InChI=1S/C9H6F13NOS/c10-4(11,3(24)23-1-2-25)5(12,13)6(14,15)7(16,17)8(18,19)9(20,21)22/h25H,1-2H2,(H,23,24). The molecule has 0 aromatic heterocycles. The molecule has 0 aliphatic rings. The molecule has 0 saturated carbocycles. The Morgan fingerprint density at radius 2 is 1.04 bits per heavy atom. The molecule has 16 heteroatoms. The Morgan fingerprint density at radius 3 is 1.36 bits per heavy atom. The van der Waals surface area contributed by atoms with Crippen LogP contribution in [0.5, 0.6) is 0 Å². The van der Waals surface area contributed by atoms with Gasteiger partial charge in [-0.3, -0.25) is 4.79 Å². The van der Waals surface area contributed by atoms with E-state index >= 15 is 0 Å². The van der Waals surface area contributed by atoms with Crippen molar-refractivity contribution in [3.8, 4) is 0 Å². The van der Waals surface area contributed by atoms with Crippen molar-refractivity contribution in [3.05, 3.63) is 0 Å². The van der Waals surface area contributed by atoms with Crippen molar-refractivity contribution in [2.24, 2.45) is 0 Å². The average molecular weight is 423 g/mol. The molecule has 0 atom stereocenters. The van der Waals surface area contributed by atoms with Crippen LogP contribution in [0.2, 0.25) is 0 Å². The van der Waals surface area contributed by atoms with Gasteiger partial charge in [0.15, 0.2) is 0 Å². The predicted molar refractivity (Wildman–Crippen MR) is 57.7 cm³/mol. The molecule has 0 rings (SSSR count). The first kappa shape index (κ1) is 23.9. The van der Waals surface area contributed by atoms with Crippen LogP contribution in [-0.4, -0.2) is 54.0 Å². The van der Waals surface area contributed by atoms with Crippen LogP contribution in [0.3, 0.4) is 0 Å². The molecule has 0 spiro atoms. The highest BCUT2D eigenvalue weighted by molar-refractivity contribution is 7.80. The van der Waals surface area contributed by atoms with Gasteiger partial charge in [0.25, 0.3) is 5.91 Å². The third-order valence-corrected chi connectivity index (χ3v) is 2.84. The van der Waals surface area contributed by atoms with Crippen LogP contribution in [0.1, 0.15) is 0 Å². The van der Waals surface area contributed by atoms with Crippen LogP contribution in [0, 0.1) is 0 Å². The minimum absolute atomic E-state index is 0.522. The highest BCUT2D eigenvalue weighted by Crippen LogP contribution is 2.60. The molecule has 0 aromatic carbocycles. The topological polar surface area (TPSA) is 29.1 Å². The minimum atomic E-state index is -8.02. The Hall–Kier alpha value is -1.09. The van der Waals surface area contributed by atoms with E-state index in [1.165, 1.54) is 0 Å². The van der Waals surface area contributed by atoms with Crippen LogP contribution in [-0.2, 0) is 4.79 Å². The summed E-state index contributed by atoms with van der Waals surface area (Å²) in [5.74, 6) is -42.0. The molecular weight excluding hydrogens is 417 g/mol. The number of hydrogen-bond acceptors (Lipinski definition) is 2.